The second-order valence-electron chi connectivity index (χ2n) is 5.25. The van der Waals surface area contributed by atoms with Crippen LogP contribution in [0, 0.1) is 0 Å². The Morgan fingerprint density at radius 3 is 2.56 bits per heavy atom. The Bertz CT molecular complexity index is 895. The number of carbonyl (C=O) groups excluding carboxylic acids is 3. The maximum Gasteiger partial charge on any atom is 0.293 e. The van der Waals surface area contributed by atoms with Crippen molar-refractivity contribution >= 4 is 62.3 Å². The Morgan fingerprint density at radius 1 is 1.16 bits per heavy atom. The molecule has 1 aliphatic heterocycles. The fourth-order valence-electron chi connectivity index (χ4n) is 2.25. The van der Waals surface area contributed by atoms with E-state index >= 15 is 0 Å². The second-order valence-corrected chi connectivity index (χ2v) is 7.60. The third kappa shape index (κ3) is 4.21. The van der Waals surface area contributed by atoms with Gasteiger partial charge in [0.1, 0.15) is 0 Å². The Labute approximate surface area is 162 Å². The first-order chi connectivity index (χ1) is 11.9. The Morgan fingerprint density at radius 2 is 1.88 bits per heavy atom. The third-order valence-electron chi connectivity index (χ3n) is 3.49. The molecule has 2 aromatic carbocycles. The molecule has 3 rings (SSSR count). The molecule has 2 amide bonds. The number of thioether (sulfide) groups is 1. The minimum Gasteiger partial charge on any atom is -0.292 e. The van der Waals surface area contributed by atoms with E-state index in [0.29, 0.717) is 10.6 Å². The lowest BCUT2D eigenvalue weighted by atomic mass is 10.1. The number of ketones is 1. The van der Waals surface area contributed by atoms with Gasteiger partial charge in [0.25, 0.3) is 11.1 Å². The molecule has 0 aliphatic carbocycles. The van der Waals surface area contributed by atoms with Crippen LogP contribution in [0.1, 0.15) is 15.9 Å². The van der Waals surface area contributed by atoms with Crippen LogP contribution in [0.15, 0.2) is 57.9 Å². The van der Waals surface area contributed by atoms with Gasteiger partial charge in [-0.05, 0) is 47.7 Å². The summed E-state index contributed by atoms with van der Waals surface area (Å²) in [6.07, 6.45) is 1.60. The minimum absolute atomic E-state index is 0.274. The highest BCUT2D eigenvalue weighted by molar-refractivity contribution is 9.10. The lowest BCUT2D eigenvalue weighted by Crippen LogP contribution is -2.33. The monoisotopic (exact) mass is 435 g/mol. The smallest absolute Gasteiger partial charge is 0.292 e. The maximum atomic E-state index is 12.4. The molecule has 25 heavy (non-hydrogen) atoms. The van der Waals surface area contributed by atoms with Crippen LogP contribution >= 0.6 is 39.3 Å². The van der Waals surface area contributed by atoms with E-state index < -0.39 is 11.1 Å². The van der Waals surface area contributed by atoms with Crippen molar-refractivity contribution in [3.8, 4) is 0 Å². The van der Waals surface area contributed by atoms with Crippen molar-refractivity contribution in [2.45, 2.75) is 0 Å². The van der Waals surface area contributed by atoms with E-state index in [0.717, 1.165) is 26.7 Å². The molecule has 0 aromatic heterocycles. The molecule has 0 unspecified atom stereocenters. The van der Waals surface area contributed by atoms with Crippen molar-refractivity contribution in [2.24, 2.45) is 0 Å². The first-order valence-electron chi connectivity index (χ1n) is 7.24. The summed E-state index contributed by atoms with van der Waals surface area (Å²) < 4.78 is 0.847. The molecule has 0 atom stereocenters. The summed E-state index contributed by atoms with van der Waals surface area (Å²) in [7, 11) is 0. The summed E-state index contributed by atoms with van der Waals surface area (Å²) in [5.74, 6) is -0.765. The lowest BCUT2D eigenvalue weighted by molar-refractivity contribution is -0.122. The number of carbonyl (C=O) groups is 3. The third-order valence-corrected chi connectivity index (χ3v) is 5.16. The van der Waals surface area contributed by atoms with E-state index in [2.05, 4.69) is 15.9 Å². The fraction of sp³-hybridized carbons (Fsp3) is 0.0556. The van der Waals surface area contributed by atoms with Gasteiger partial charge >= 0.3 is 0 Å². The topological polar surface area (TPSA) is 54.5 Å². The number of hydrogen-bond acceptors (Lipinski definition) is 4. The van der Waals surface area contributed by atoms with Crippen LogP contribution in [0.5, 0.6) is 0 Å². The van der Waals surface area contributed by atoms with E-state index in [-0.39, 0.29) is 17.2 Å². The molecule has 1 heterocycles. The first kappa shape index (κ1) is 17.9. The van der Waals surface area contributed by atoms with Gasteiger partial charge in [0.15, 0.2) is 5.78 Å². The summed E-state index contributed by atoms with van der Waals surface area (Å²) in [5, 5.41) is 0.0853. The highest BCUT2D eigenvalue weighted by Gasteiger charge is 2.36. The summed E-state index contributed by atoms with van der Waals surface area (Å²) in [6.45, 7) is -0.279. The quantitative estimate of drug-likeness (QED) is 0.499. The summed E-state index contributed by atoms with van der Waals surface area (Å²) in [4.78, 5) is 38.1. The molecule has 0 saturated carbocycles. The number of hydrogen-bond donors (Lipinski definition) is 0. The van der Waals surface area contributed by atoms with Crippen LogP contribution in [0.25, 0.3) is 6.08 Å². The summed E-state index contributed by atoms with van der Waals surface area (Å²) >= 11 is 10.0. The van der Waals surface area contributed by atoms with Crippen LogP contribution in [0.3, 0.4) is 0 Å². The molecular weight excluding hydrogens is 426 g/mol. The molecule has 0 N–H and O–H groups in total. The molecule has 4 nitrogen and oxygen atoms in total. The van der Waals surface area contributed by atoms with E-state index in [9.17, 15) is 14.4 Å². The summed E-state index contributed by atoms with van der Waals surface area (Å²) in [6, 6.07) is 13.7. The average Bonchev–Trinajstić information content (AvgIpc) is 2.83. The molecule has 126 valence electrons. The number of nitrogens with zero attached hydrogens (tertiary/aromatic N) is 1. The second kappa shape index (κ2) is 7.56. The van der Waals surface area contributed by atoms with Gasteiger partial charge in [-0.25, -0.2) is 0 Å². The predicted octanol–water partition coefficient (Wildman–Crippen LogP) is 5.02. The molecule has 2 aromatic rings. The van der Waals surface area contributed by atoms with Gasteiger partial charge in [-0.2, -0.15) is 0 Å². The first-order valence-corrected chi connectivity index (χ1v) is 9.22. The van der Waals surface area contributed by atoms with Crippen LogP contribution in [-0.2, 0) is 4.79 Å². The van der Waals surface area contributed by atoms with E-state index in [1.54, 1.807) is 54.6 Å². The molecule has 0 bridgehead atoms. The number of Topliss-reactive ketones (excluding diaryl/α,β-unsaturated/α-hetero) is 1. The Balaban J connectivity index is 1.77. The lowest BCUT2D eigenvalue weighted by Gasteiger charge is -2.11. The maximum absolute atomic E-state index is 12.4. The van der Waals surface area contributed by atoms with Crippen molar-refractivity contribution in [1.82, 2.24) is 4.90 Å². The molecule has 7 heteroatoms. The molecule has 1 fully saturated rings. The number of imide groups is 1. The van der Waals surface area contributed by atoms with E-state index in [1.165, 1.54) is 0 Å². The van der Waals surface area contributed by atoms with Crippen molar-refractivity contribution in [3.05, 3.63) is 74.1 Å². The van der Waals surface area contributed by atoms with E-state index in [4.69, 9.17) is 11.6 Å². The highest BCUT2D eigenvalue weighted by atomic mass is 79.9. The van der Waals surface area contributed by atoms with Crippen LogP contribution in [0.2, 0.25) is 5.02 Å². The van der Waals surface area contributed by atoms with Gasteiger partial charge in [0.05, 0.1) is 11.4 Å². The summed E-state index contributed by atoms with van der Waals surface area (Å²) in [5.41, 5.74) is 1.17. The Hall–Kier alpha value is -1.89. The zero-order chi connectivity index (χ0) is 18.0. The molecule has 0 radical (unpaired) electrons. The van der Waals surface area contributed by atoms with E-state index in [1.807, 2.05) is 0 Å². The van der Waals surface area contributed by atoms with Crippen molar-refractivity contribution in [3.63, 3.8) is 0 Å². The Kier molecular flexibility index (Phi) is 5.42. The van der Waals surface area contributed by atoms with Gasteiger partial charge in [-0.15, -0.1) is 0 Å². The molecule has 1 saturated heterocycles. The molecule has 0 spiro atoms. The molecule has 1 aliphatic rings. The van der Waals surface area contributed by atoms with Crippen molar-refractivity contribution in [1.29, 1.82) is 0 Å². The van der Waals surface area contributed by atoms with Crippen LogP contribution in [-0.4, -0.2) is 28.4 Å². The van der Waals surface area contributed by atoms with Gasteiger partial charge in [-0.3, -0.25) is 19.3 Å². The standard InChI is InChI=1S/C18H11BrClNO3S/c19-13-6-4-12(5-7-13)15(22)10-21-17(23)16(25-18(21)24)9-11-2-1-3-14(20)8-11/h1-9H,10H2/b16-9-. The van der Waals surface area contributed by atoms with Crippen molar-refractivity contribution in [2.75, 3.05) is 6.54 Å². The number of amides is 2. The SMILES string of the molecule is O=C(CN1C(=O)S/C(=C\c2cccc(Cl)c2)C1=O)c1ccc(Br)cc1. The highest BCUT2D eigenvalue weighted by Crippen LogP contribution is 2.32. The number of halogens is 2. The average molecular weight is 437 g/mol. The normalized spacial score (nSPS) is 15.9. The zero-order valence-electron chi connectivity index (χ0n) is 12.7. The van der Waals surface area contributed by atoms with Gasteiger partial charge in [0, 0.05) is 15.1 Å². The zero-order valence-corrected chi connectivity index (χ0v) is 15.9. The minimum atomic E-state index is -0.472. The predicted molar refractivity (Wildman–Crippen MR) is 103 cm³/mol. The fourth-order valence-corrected chi connectivity index (χ4v) is 3.56. The van der Waals surface area contributed by atoms with Gasteiger partial charge in [-0.1, -0.05) is 51.8 Å². The van der Waals surface area contributed by atoms with Crippen LogP contribution < -0.4 is 0 Å². The largest absolute Gasteiger partial charge is 0.293 e. The molecular formula is C18H11BrClNO3S. The van der Waals surface area contributed by atoms with Gasteiger partial charge < -0.3 is 0 Å². The van der Waals surface area contributed by atoms with Crippen molar-refractivity contribution < 1.29 is 14.4 Å². The number of rotatable bonds is 4. The number of benzene rings is 2. The van der Waals surface area contributed by atoms with Gasteiger partial charge in [0.2, 0.25) is 0 Å². The van der Waals surface area contributed by atoms with Crippen LogP contribution in [0.4, 0.5) is 4.79 Å².